The van der Waals surface area contributed by atoms with E-state index in [2.05, 4.69) is 10.3 Å². The van der Waals surface area contributed by atoms with Gasteiger partial charge in [-0.3, -0.25) is 5.32 Å². The second kappa shape index (κ2) is 6.86. The van der Waals surface area contributed by atoms with E-state index in [-0.39, 0.29) is 13.2 Å². The number of aliphatic hydroxyl groups excluding tert-OH is 1. The molecule has 0 spiro atoms. The minimum absolute atomic E-state index is 0.0433. The predicted molar refractivity (Wildman–Crippen MR) is 73.2 cm³/mol. The molecule has 1 heterocycles. The highest BCUT2D eigenvalue weighted by Gasteiger charge is 2.07. The SMILES string of the molecule is O=C(Nc1nc(CCO)cs1)OCc1ccccc1. The maximum absolute atomic E-state index is 11.5. The summed E-state index contributed by atoms with van der Waals surface area (Å²) in [6.07, 6.45) is -0.0502. The van der Waals surface area contributed by atoms with Crippen LogP contribution < -0.4 is 5.32 Å². The van der Waals surface area contributed by atoms with Crippen LogP contribution in [0.3, 0.4) is 0 Å². The van der Waals surface area contributed by atoms with E-state index in [0.717, 1.165) is 11.3 Å². The quantitative estimate of drug-likeness (QED) is 0.881. The summed E-state index contributed by atoms with van der Waals surface area (Å²) in [7, 11) is 0. The molecular weight excluding hydrogens is 264 g/mol. The van der Waals surface area contributed by atoms with E-state index < -0.39 is 6.09 Å². The summed E-state index contributed by atoms with van der Waals surface area (Å²) in [5.41, 5.74) is 1.68. The molecular formula is C13H14N2O3S. The van der Waals surface area contributed by atoms with E-state index in [1.165, 1.54) is 11.3 Å². The number of hydrogen-bond donors (Lipinski definition) is 2. The van der Waals surface area contributed by atoms with Gasteiger partial charge in [0.25, 0.3) is 0 Å². The summed E-state index contributed by atoms with van der Waals surface area (Å²) in [6, 6.07) is 9.45. The average molecular weight is 278 g/mol. The Kier molecular flexibility index (Phi) is 4.88. The van der Waals surface area contributed by atoms with E-state index in [0.29, 0.717) is 11.6 Å². The van der Waals surface area contributed by atoms with E-state index >= 15 is 0 Å². The first kappa shape index (κ1) is 13.5. The van der Waals surface area contributed by atoms with Gasteiger partial charge in [0.1, 0.15) is 6.61 Å². The van der Waals surface area contributed by atoms with Crippen LogP contribution in [0.2, 0.25) is 0 Å². The highest BCUT2D eigenvalue weighted by atomic mass is 32.1. The Labute approximate surface area is 114 Å². The maximum atomic E-state index is 11.5. The van der Waals surface area contributed by atoms with Gasteiger partial charge in [0.15, 0.2) is 5.13 Å². The van der Waals surface area contributed by atoms with Crippen molar-refractivity contribution in [3.63, 3.8) is 0 Å². The van der Waals surface area contributed by atoms with Gasteiger partial charge in [-0.1, -0.05) is 30.3 Å². The molecule has 0 aliphatic heterocycles. The fourth-order valence-corrected chi connectivity index (χ4v) is 2.17. The number of nitrogens with one attached hydrogen (secondary N) is 1. The summed E-state index contributed by atoms with van der Waals surface area (Å²) in [6.45, 7) is 0.267. The van der Waals surface area contributed by atoms with Crippen LogP contribution >= 0.6 is 11.3 Å². The first-order chi connectivity index (χ1) is 9.28. The highest BCUT2D eigenvalue weighted by Crippen LogP contribution is 2.16. The van der Waals surface area contributed by atoms with Crippen molar-refractivity contribution in [2.45, 2.75) is 13.0 Å². The van der Waals surface area contributed by atoms with E-state index in [9.17, 15) is 4.79 Å². The summed E-state index contributed by atoms with van der Waals surface area (Å²) >= 11 is 1.31. The monoisotopic (exact) mass is 278 g/mol. The minimum Gasteiger partial charge on any atom is -0.444 e. The molecule has 0 aliphatic rings. The number of nitrogens with zero attached hydrogens (tertiary/aromatic N) is 1. The van der Waals surface area contributed by atoms with Crippen molar-refractivity contribution < 1.29 is 14.6 Å². The van der Waals surface area contributed by atoms with Crippen LogP contribution in [0.25, 0.3) is 0 Å². The van der Waals surface area contributed by atoms with Gasteiger partial charge in [0.2, 0.25) is 0 Å². The number of aromatic nitrogens is 1. The van der Waals surface area contributed by atoms with Crippen LogP contribution in [0.5, 0.6) is 0 Å². The van der Waals surface area contributed by atoms with Crippen LogP contribution in [-0.2, 0) is 17.8 Å². The first-order valence-corrected chi connectivity index (χ1v) is 6.69. The Morgan fingerprint density at radius 1 is 1.37 bits per heavy atom. The number of anilines is 1. The molecule has 5 nitrogen and oxygen atoms in total. The van der Waals surface area contributed by atoms with Gasteiger partial charge in [-0.05, 0) is 5.56 Å². The third-order valence-corrected chi connectivity index (χ3v) is 3.15. The lowest BCUT2D eigenvalue weighted by molar-refractivity contribution is 0.155. The fourth-order valence-electron chi connectivity index (χ4n) is 1.44. The van der Waals surface area contributed by atoms with E-state index in [1.807, 2.05) is 30.3 Å². The van der Waals surface area contributed by atoms with Gasteiger partial charge in [-0.25, -0.2) is 9.78 Å². The molecule has 2 rings (SSSR count). The van der Waals surface area contributed by atoms with Crippen LogP contribution in [0, 0.1) is 0 Å². The van der Waals surface area contributed by atoms with Gasteiger partial charge >= 0.3 is 6.09 Å². The molecule has 100 valence electrons. The summed E-state index contributed by atoms with van der Waals surface area (Å²) in [5, 5.41) is 13.6. The molecule has 1 aromatic carbocycles. The normalized spacial score (nSPS) is 10.2. The summed E-state index contributed by atoms with van der Waals surface area (Å²) in [5.74, 6) is 0. The van der Waals surface area contributed by atoms with Gasteiger partial charge in [-0.15, -0.1) is 11.3 Å². The van der Waals surface area contributed by atoms with Crippen molar-refractivity contribution >= 4 is 22.6 Å². The van der Waals surface area contributed by atoms with Gasteiger partial charge in [-0.2, -0.15) is 0 Å². The molecule has 0 radical (unpaired) electrons. The number of hydrogen-bond acceptors (Lipinski definition) is 5. The van der Waals surface area contributed by atoms with E-state index in [4.69, 9.17) is 9.84 Å². The summed E-state index contributed by atoms with van der Waals surface area (Å²) < 4.78 is 5.07. The zero-order valence-corrected chi connectivity index (χ0v) is 11.0. The van der Waals surface area contributed by atoms with Crippen molar-refractivity contribution in [3.8, 4) is 0 Å². The molecule has 2 aromatic rings. The standard InChI is InChI=1S/C13H14N2O3S/c16-7-6-11-9-19-12(14-11)15-13(17)18-8-10-4-2-1-3-5-10/h1-5,9,16H,6-8H2,(H,14,15,17). The fraction of sp³-hybridized carbons (Fsp3) is 0.231. The molecule has 2 N–H and O–H groups in total. The first-order valence-electron chi connectivity index (χ1n) is 5.81. The number of thiazole rings is 1. The van der Waals surface area contributed by atoms with Crippen molar-refractivity contribution in [2.24, 2.45) is 0 Å². The molecule has 1 amide bonds. The molecule has 19 heavy (non-hydrogen) atoms. The molecule has 1 aromatic heterocycles. The Morgan fingerprint density at radius 2 is 2.16 bits per heavy atom. The average Bonchev–Trinajstić information content (AvgIpc) is 2.85. The summed E-state index contributed by atoms with van der Waals surface area (Å²) in [4.78, 5) is 15.7. The topological polar surface area (TPSA) is 71.5 Å². The lowest BCUT2D eigenvalue weighted by Gasteiger charge is -2.04. The van der Waals surface area contributed by atoms with Crippen molar-refractivity contribution in [1.82, 2.24) is 4.98 Å². The lowest BCUT2D eigenvalue weighted by atomic mass is 10.2. The van der Waals surface area contributed by atoms with Crippen LogP contribution in [-0.4, -0.2) is 22.8 Å². The van der Waals surface area contributed by atoms with Gasteiger partial charge < -0.3 is 9.84 Å². The number of benzene rings is 1. The number of aliphatic hydroxyl groups is 1. The number of rotatable bonds is 5. The predicted octanol–water partition coefficient (Wildman–Crippen LogP) is 2.43. The zero-order chi connectivity index (χ0) is 13.5. The lowest BCUT2D eigenvalue weighted by Crippen LogP contribution is -2.13. The number of carbonyl (C=O) groups excluding carboxylic acids is 1. The molecule has 0 aliphatic carbocycles. The van der Waals surface area contributed by atoms with Crippen LogP contribution in [0.15, 0.2) is 35.7 Å². The molecule has 0 unspecified atom stereocenters. The van der Waals surface area contributed by atoms with Gasteiger partial charge in [0, 0.05) is 18.4 Å². The number of ether oxygens (including phenoxy) is 1. The minimum atomic E-state index is -0.534. The molecule has 0 saturated carbocycles. The van der Waals surface area contributed by atoms with Crippen molar-refractivity contribution in [2.75, 3.05) is 11.9 Å². The van der Waals surface area contributed by atoms with Crippen molar-refractivity contribution in [3.05, 3.63) is 47.0 Å². The van der Waals surface area contributed by atoms with Crippen molar-refractivity contribution in [1.29, 1.82) is 0 Å². The maximum Gasteiger partial charge on any atom is 0.413 e. The van der Waals surface area contributed by atoms with Crippen LogP contribution in [0.1, 0.15) is 11.3 Å². The largest absolute Gasteiger partial charge is 0.444 e. The molecule has 0 atom stereocenters. The molecule has 0 bridgehead atoms. The highest BCUT2D eigenvalue weighted by molar-refractivity contribution is 7.13. The molecule has 6 heteroatoms. The number of carbonyl (C=O) groups is 1. The number of amides is 1. The molecule has 0 saturated heterocycles. The Morgan fingerprint density at radius 3 is 2.89 bits per heavy atom. The smallest absolute Gasteiger partial charge is 0.413 e. The Bertz CT molecular complexity index is 528. The zero-order valence-electron chi connectivity index (χ0n) is 10.2. The molecule has 0 fully saturated rings. The second-order valence-electron chi connectivity index (χ2n) is 3.80. The Balaban J connectivity index is 1.80. The third kappa shape index (κ3) is 4.35. The van der Waals surface area contributed by atoms with E-state index in [1.54, 1.807) is 5.38 Å². The third-order valence-electron chi connectivity index (χ3n) is 2.34. The second-order valence-corrected chi connectivity index (χ2v) is 4.66. The van der Waals surface area contributed by atoms with Crippen LogP contribution in [0.4, 0.5) is 9.93 Å². The Hall–Kier alpha value is -1.92. The van der Waals surface area contributed by atoms with Gasteiger partial charge in [0.05, 0.1) is 5.69 Å².